The van der Waals surface area contributed by atoms with E-state index in [4.69, 9.17) is 5.11 Å². The molecular weight excluding hydrogens is 290 g/mol. The molecule has 7 heteroatoms. The van der Waals surface area contributed by atoms with Gasteiger partial charge in [-0.1, -0.05) is 18.2 Å². The van der Waals surface area contributed by atoms with Crippen LogP contribution in [0.3, 0.4) is 0 Å². The average Bonchev–Trinajstić information content (AvgIpc) is 2.83. The van der Waals surface area contributed by atoms with Gasteiger partial charge in [-0.15, -0.1) is 0 Å². The van der Waals surface area contributed by atoms with E-state index in [-0.39, 0.29) is 12.1 Å². The van der Waals surface area contributed by atoms with Crippen molar-refractivity contribution in [2.45, 2.75) is 19.1 Å². The van der Waals surface area contributed by atoms with Gasteiger partial charge < -0.3 is 5.11 Å². The molecule has 1 saturated heterocycles. The molecule has 0 aromatic heterocycles. The summed E-state index contributed by atoms with van der Waals surface area (Å²) in [6.45, 7) is 0.904. The third kappa shape index (κ3) is 3.18. The maximum Gasteiger partial charge on any atom is 0.393 e. The highest BCUT2D eigenvalue weighted by atomic mass is 19.4. The topological polar surface area (TPSA) is 40.5 Å². The lowest BCUT2D eigenvalue weighted by Crippen LogP contribution is -2.33. The van der Waals surface area contributed by atoms with E-state index in [0.29, 0.717) is 0 Å². The normalized spacial score (nSPS) is 25.0. The summed E-state index contributed by atoms with van der Waals surface area (Å²) >= 11 is 0. The van der Waals surface area contributed by atoms with Crippen molar-refractivity contribution in [1.82, 2.24) is 4.90 Å². The van der Waals surface area contributed by atoms with E-state index in [2.05, 4.69) is 0 Å². The largest absolute Gasteiger partial charge is 0.481 e. The van der Waals surface area contributed by atoms with Gasteiger partial charge in [0.25, 0.3) is 0 Å². The van der Waals surface area contributed by atoms with Crippen LogP contribution in [0, 0.1) is 17.7 Å². The van der Waals surface area contributed by atoms with Gasteiger partial charge >= 0.3 is 12.1 Å². The van der Waals surface area contributed by atoms with Gasteiger partial charge in [0.05, 0.1) is 11.8 Å². The summed E-state index contributed by atoms with van der Waals surface area (Å²) in [4.78, 5) is 12.4. The van der Waals surface area contributed by atoms with E-state index in [1.165, 1.54) is 23.1 Å². The molecule has 1 aromatic rings. The van der Waals surface area contributed by atoms with Crippen LogP contribution in [0.4, 0.5) is 17.6 Å². The summed E-state index contributed by atoms with van der Waals surface area (Å²) in [5, 5.41) is 8.97. The van der Waals surface area contributed by atoms with Crippen LogP contribution in [0.25, 0.3) is 0 Å². The van der Waals surface area contributed by atoms with Crippen molar-refractivity contribution in [1.29, 1.82) is 0 Å². The third-order valence-electron chi connectivity index (χ3n) is 3.99. The Bertz CT molecular complexity index is 532. The number of hydrogen-bond donors (Lipinski definition) is 1. The molecule has 1 heterocycles. The minimum absolute atomic E-state index is 0.241. The molecule has 0 bridgehead atoms. The van der Waals surface area contributed by atoms with Crippen molar-refractivity contribution >= 4 is 5.97 Å². The molecule has 0 radical (unpaired) electrons. The number of aliphatic carboxylic acids is 1. The molecule has 0 spiro atoms. The fraction of sp³-hybridized carbons (Fsp3) is 0.500. The van der Waals surface area contributed by atoms with Crippen molar-refractivity contribution < 1.29 is 27.5 Å². The molecule has 1 aromatic carbocycles. The van der Waals surface area contributed by atoms with Gasteiger partial charge in [-0.25, -0.2) is 4.39 Å². The maximum absolute atomic E-state index is 13.7. The standard InChI is InChI=1S/C14H15F4NO2/c1-8(9-4-2-3-5-12(9)15)19-6-10(13(20)21)11(7-19)14(16,17)18/h2-5,8,10-11H,6-7H2,1H3,(H,20,21)/t8?,10-,11-/m1/s1. The van der Waals surface area contributed by atoms with E-state index < -0.39 is 42.4 Å². The zero-order valence-electron chi connectivity index (χ0n) is 11.3. The number of alkyl halides is 3. The first-order valence-corrected chi connectivity index (χ1v) is 6.49. The molecule has 1 aliphatic heterocycles. The second-order valence-electron chi connectivity index (χ2n) is 5.24. The predicted molar refractivity (Wildman–Crippen MR) is 67.1 cm³/mol. The van der Waals surface area contributed by atoms with Crippen molar-refractivity contribution in [2.75, 3.05) is 13.1 Å². The monoisotopic (exact) mass is 305 g/mol. The molecule has 0 amide bonds. The number of hydrogen-bond acceptors (Lipinski definition) is 2. The van der Waals surface area contributed by atoms with E-state index in [9.17, 15) is 22.4 Å². The fourth-order valence-electron chi connectivity index (χ4n) is 2.74. The van der Waals surface area contributed by atoms with E-state index >= 15 is 0 Å². The molecule has 1 fully saturated rings. The number of carbonyl (C=O) groups is 1. The second-order valence-corrected chi connectivity index (χ2v) is 5.24. The summed E-state index contributed by atoms with van der Waals surface area (Å²) < 4.78 is 52.5. The molecule has 1 aliphatic rings. The first-order chi connectivity index (χ1) is 9.71. The zero-order valence-corrected chi connectivity index (χ0v) is 11.3. The molecule has 0 saturated carbocycles. The van der Waals surface area contributed by atoms with Crippen molar-refractivity contribution in [2.24, 2.45) is 11.8 Å². The minimum atomic E-state index is -4.58. The molecule has 3 atom stereocenters. The number of nitrogens with zero attached hydrogens (tertiary/aromatic N) is 1. The van der Waals surface area contributed by atoms with E-state index in [0.717, 1.165) is 0 Å². The van der Waals surface area contributed by atoms with Crippen LogP contribution in [-0.4, -0.2) is 35.2 Å². The first-order valence-electron chi connectivity index (χ1n) is 6.49. The number of likely N-dealkylation sites (tertiary alicyclic amines) is 1. The van der Waals surface area contributed by atoms with Crippen LogP contribution in [0.1, 0.15) is 18.5 Å². The highest BCUT2D eigenvalue weighted by Crippen LogP contribution is 2.40. The number of rotatable bonds is 3. The number of carboxylic acids is 1. The molecule has 0 aliphatic carbocycles. The molecular formula is C14H15F4NO2. The summed E-state index contributed by atoms with van der Waals surface area (Å²) in [7, 11) is 0. The molecule has 3 nitrogen and oxygen atoms in total. The quantitative estimate of drug-likeness (QED) is 0.873. The average molecular weight is 305 g/mol. The van der Waals surface area contributed by atoms with Crippen LogP contribution in [0.5, 0.6) is 0 Å². The van der Waals surface area contributed by atoms with Gasteiger partial charge in [-0.2, -0.15) is 13.2 Å². The number of benzene rings is 1. The highest BCUT2D eigenvalue weighted by Gasteiger charge is 2.53. The Morgan fingerprint density at radius 1 is 1.33 bits per heavy atom. The van der Waals surface area contributed by atoms with Crippen LogP contribution < -0.4 is 0 Å². The zero-order chi connectivity index (χ0) is 15.8. The van der Waals surface area contributed by atoms with Crippen LogP contribution in [0.15, 0.2) is 24.3 Å². The van der Waals surface area contributed by atoms with E-state index in [1.807, 2.05) is 0 Å². The predicted octanol–water partition coefficient (Wildman–Crippen LogP) is 3.08. The van der Waals surface area contributed by atoms with Crippen LogP contribution in [-0.2, 0) is 4.79 Å². The first kappa shape index (κ1) is 15.8. The molecule has 1 N–H and O–H groups in total. The summed E-state index contributed by atoms with van der Waals surface area (Å²) in [6, 6.07) is 5.21. The summed E-state index contributed by atoms with van der Waals surface area (Å²) in [6.07, 6.45) is -4.58. The minimum Gasteiger partial charge on any atom is -0.481 e. The molecule has 116 valence electrons. The molecule has 21 heavy (non-hydrogen) atoms. The molecule has 1 unspecified atom stereocenters. The summed E-state index contributed by atoms with van der Waals surface area (Å²) in [5.41, 5.74) is 0.268. The van der Waals surface area contributed by atoms with Gasteiger partial charge in [-0.05, 0) is 13.0 Å². The SMILES string of the molecule is CC(c1ccccc1F)N1C[C@@H](C(F)(F)F)[C@H](C(=O)O)C1. The van der Waals surface area contributed by atoms with Gasteiger partial charge in [0.1, 0.15) is 5.82 Å². The Labute approximate surface area is 119 Å². The number of halogens is 4. The van der Waals surface area contributed by atoms with Crippen molar-refractivity contribution in [3.63, 3.8) is 0 Å². The van der Waals surface area contributed by atoms with Gasteiger partial charge in [0.2, 0.25) is 0 Å². The Morgan fingerprint density at radius 2 is 1.95 bits per heavy atom. The lowest BCUT2D eigenvalue weighted by atomic mass is 9.96. The second kappa shape index (κ2) is 5.63. The van der Waals surface area contributed by atoms with Crippen LogP contribution >= 0.6 is 0 Å². The number of carboxylic acid groups (broad SMARTS) is 1. The van der Waals surface area contributed by atoms with E-state index in [1.54, 1.807) is 13.0 Å². The van der Waals surface area contributed by atoms with Crippen LogP contribution in [0.2, 0.25) is 0 Å². The Hall–Kier alpha value is -1.63. The Kier molecular flexibility index (Phi) is 4.22. The van der Waals surface area contributed by atoms with Crippen molar-refractivity contribution in [3.05, 3.63) is 35.6 Å². The Morgan fingerprint density at radius 3 is 2.43 bits per heavy atom. The summed E-state index contributed by atoms with van der Waals surface area (Å²) in [5.74, 6) is -5.42. The molecule has 2 rings (SSSR count). The maximum atomic E-state index is 13.7. The van der Waals surface area contributed by atoms with Gasteiger partial charge in [-0.3, -0.25) is 9.69 Å². The third-order valence-corrected chi connectivity index (χ3v) is 3.99. The lowest BCUT2D eigenvalue weighted by Gasteiger charge is -2.25. The van der Waals surface area contributed by atoms with Gasteiger partial charge in [0, 0.05) is 24.7 Å². The lowest BCUT2D eigenvalue weighted by molar-refractivity contribution is -0.188. The van der Waals surface area contributed by atoms with Gasteiger partial charge in [0.15, 0.2) is 0 Å². The fourth-order valence-corrected chi connectivity index (χ4v) is 2.74. The highest BCUT2D eigenvalue weighted by molar-refractivity contribution is 5.71. The smallest absolute Gasteiger partial charge is 0.393 e. The van der Waals surface area contributed by atoms with Crippen molar-refractivity contribution in [3.8, 4) is 0 Å². The Balaban J connectivity index is 2.23.